The Morgan fingerprint density at radius 3 is 2.50 bits per heavy atom. The van der Waals surface area contributed by atoms with Crippen molar-refractivity contribution in [2.24, 2.45) is 0 Å². The van der Waals surface area contributed by atoms with E-state index in [9.17, 15) is 9.59 Å². The number of carbonyl (C=O) groups excluding carboxylic acids is 2. The maximum Gasteiger partial charge on any atom is 0.265 e. The van der Waals surface area contributed by atoms with Gasteiger partial charge < -0.3 is 15.4 Å². The summed E-state index contributed by atoms with van der Waals surface area (Å²) in [7, 11) is 0. The molecule has 3 aromatic carbocycles. The van der Waals surface area contributed by atoms with E-state index < -0.39 is 0 Å². The van der Waals surface area contributed by atoms with Crippen LogP contribution in [-0.2, 0) is 9.59 Å². The highest BCUT2D eigenvalue weighted by molar-refractivity contribution is 7.09. The summed E-state index contributed by atoms with van der Waals surface area (Å²) in [6.07, 6.45) is 0. The van der Waals surface area contributed by atoms with Gasteiger partial charge in [-0.1, -0.05) is 18.2 Å². The minimum atomic E-state index is -0.292. The number of thiazole rings is 1. The number of aromatic nitrogens is 1. The van der Waals surface area contributed by atoms with Gasteiger partial charge in [0.05, 0.1) is 16.4 Å². The number of fused-ring (bicyclic) bond motifs is 1. The summed E-state index contributed by atoms with van der Waals surface area (Å²) in [6.45, 7) is 1.73. The molecule has 2 N–H and O–H groups in total. The van der Waals surface area contributed by atoms with Crippen LogP contribution in [0.15, 0.2) is 78.2 Å². The van der Waals surface area contributed by atoms with Gasteiger partial charge in [-0.05, 0) is 61.5 Å². The normalized spacial score (nSPS) is 12.6. The Bertz CT molecular complexity index is 1340. The Balaban J connectivity index is 1.28. The van der Waals surface area contributed by atoms with Gasteiger partial charge in [0.15, 0.2) is 6.61 Å². The van der Waals surface area contributed by atoms with E-state index in [1.54, 1.807) is 11.3 Å². The molecule has 0 saturated heterocycles. The van der Waals surface area contributed by atoms with Gasteiger partial charge in [0, 0.05) is 28.0 Å². The zero-order chi connectivity index (χ0) is 23.5. The number of benzene rings is 3. The number of ether oxygens (including phenoxy) is 1. The maximum absolute atomic E-state index is 12.8. The van der Waals surface area contributed by atoms with Crippen molar-refractivity contribution in [1.82, 2.24) is 4.98 Å². The van der Waals surface area contributed by atoms with Crippen LogP contribution in [0.2, 0.25) is 0 Å². The molecule has 2 heterocycles. The van der Waals surface area contributed by atoms with Crippen LogP contribution in [0.5, 0.6) is 5.75 Å². The zero-order valence-electron chi connectivity index (χ0n) is 18.4. The van der Waals surface area contributed by atoms with Crippen molar-refractivity contribution in [3.05, 3.63) is 83.2 Å². The molecule has 0 bridgehead atoms. The van der Waals surface area contributed by atoms with Crippen LogP contribution in [0.25, 0.3) is 11.3 Å². The molecular weight excluding hydrogens is 448 g/mol. The molecule has 170 valence electrons. The molecule has 0 atom stereocenters. The highest BCUT2D eigenvalue weighted by Gasteiger charge is 2.28. The van der Waals surface area contributed by atoms with Crippen molar-refractivity contribution in [2.75, 3.05) is 28.7 Å². The van der Waals surface area contributed by atoms with Crippen molar-refractivity contribution in [1.29, 1.82) is 0 Å². The fraction of sp³-hybridized carbons (Fsp3) is 0.115. The summed E-state index contributed by atoms with van der Waals surface area (Å²) in [5, 5.41) is 9.10. The Morgan fingerprint density at radius 2 is 1.76 bits per heavy atom. The minimum Gasteiger partial charge on any atom is -0.482 e. The SMILES string of the molecule is Cc1nc(-c2ccc3c(c2)N(CC(=O)Nc2ccc(Nc4ccccc4)cc2)C(=O)CO3)cs1. The van der Waals surface area contributed by atoms with Gasteiger partial charge in [0.1, 0.15) is 12.3 Å². The Morgan fingerprint density at radius 1 is 1.03 bits per heavy atom. The van der Waals surface area contributed by atoms with Crippen LogP contribution in [0, 0.1) is 6.92 Å². The highest BCUT2D eigenvalue weighted by atomic mass is 32.1. The van der Waals surface area contributed by atoms with E-state index in [-0.39, 0.29) is 25.0 Å². The molecule has 7 nitrogen and oxygen atoms in total. The van der Waals surface area contributed by atoms with Gasteiger partial charge in [0.25, 0.3) is 5.91 Å². The molecular formula is C26H22N4O3S. The number of carbonyl (C=O) groups is 2. The van der Waals surface area contributed by atoms with Gasteiger partial charge in [-0.25, -0.2) is 4.98 Å². The molecule has 0 saturated carbocycles. The first-order chi connectivity index (χ1) is 16.5. The van der Waals surface area contributed by atoms with Crippen molar-refractivity contribution < 1.29 is 14.3 Å². The van der Waals surface area contributed by atoms with E-state index in [1.807, 2.05) is 85.1 Å². The van der Waals surface area contributed by atoms with Gasteiger partial charge in [-0.3, -0.25) is 14.5 Å². The van der Waals surface area contributed by atoms with E-state index in [0.29, 0.717) is 17.1 Å². The molecule has 0 fully saturated rings. The summed E-state index contributed by atoms with van der Waals surface area (Å²) in [5.41, 5.74) is 4.81. The van der Waals surface area contributed by atoms with Crippen molar-refractivity contribution >= 4 is 45.9 Å². The van der Waals surface area contributed by atoms with E-state index >= 15 is 0 Å². The molecule has 0 unspecified atom stereocenters. The number of anilines is 4. The summed E-state index contributed by atoms with van der Waals surface area (Å²) in [4.78, 5) is 31.4. The van der Waals surface area contributed by atoms with Crippen LogP contribution in [-0.4, -0.2) is 29.9 Å². The number of aryl methyl sites for hydroxylation is 1. The smallest absolute Gasteiger partial charge is 0.265 e. The maximum atomic E-state index is 12.8. The molecule has 2 amide bonds. The number of para-hydroxylation sites is 1. The van der Waals surface area contributed by atoms with Crippen molar-refractivity contribution in [3.8, 4) is 17.0 Å². The van der Waals surface area contributed by atoms with Gasteiger partial charge in [-0.2, -0.15) is 0 Å². The number of nitrogens with zero attached hydrogens (tertiary/aromatic N) is 2. The van der Waals surface area contributed by atoms with E-state index in [0.717, 1.165) is 27.6 Å². The van der Waals surface area contributed by atoms with Gasteiger partial charge >= 0.3 is 0 Å². The van der Waals surface area contributed by atoms with Crippen LogP contribution >= 0.6 is 11.3 Å². The third-order valence-corrected chi connectivity index (χ3v) is 6.12. The number of hydrogen-bond donors (Lipinski definition) is 2. The third-order valence-electron chi connectivity index (χ3n) is 5.35. The lowest BCUT2D eigenvalue weighted by Crippen LogP contribution is -2.43. The number of nitrogens with one attached hydrogen (secondary N) is 2. The van der Waals surface area contributed by atoms with Crippen LogP contribution in [0.1, 0.15) is 5.01 Å². The first-order valence-corrected chi connectivity index (χ1v) is 11.6. The summed E-state index contributed by atoms with van der Waals surface area (Å²) >= 11 is 1.56. The largest absolute Gasteiger partial charge is 0.482 e. The van der Waals surface area contributed by atoms with E-state index in [2.05, 4.69) is 15.6 Å². The second kappa shape index (κ2) is 9.36. The second-order valence-corrected chi connectivity index (χ2v) is 8.88. The first kappa shape index (κ1) is 21.7. The van der Waals surface area contributed by atoms with Crippen LogP contribution in [0.4, 0.5) is 22.7 Å². The number of hydrogen-bond acceptors (Lipinski definition) is 6. The average molecular weight is 471 g/mol. The Kier molecular flexibility index (Phi) is 5.97. The molecule has 0 radical (unpaired) electrons. The van der Waals surface area contributed by atoms with Crippen LogP contribution < -0.4 is 20.3 Å². The molecule has 0 aliphatic carbocycles. The zero-order valence-corrected chi connectivity index (χ0v) is 19.3. The summed E-state index contributed by atoms with van der Waals surface area (Å²) in [6, 6.07) is 22.8. The molecule has 1 aromatic heterocycles. The van der Waals surface area contributed by atoms with Crippen molar-refractivity contribution in [3.63, 3.8) is 0 Å². The number of rotatable bonds is 6. The summed E-state index contributed by atoms with van der Waals surface area (Å²) in [5.74, 6) is 0.0102. The van der Waals surface area contributed by atoms with E-state index in [4.69, 9.17) is 4.74 Å². The van der Waals surface area contributed by atoms with Gasteiger partial charge in [0.2, 0.25) is 5.91 Å². The quantitative estimate of drug-likeness (QED) is 0.403. The molecule has 8 heteroatoms. The average Bonchev–Trinajstić information content (AvgIpc) is 3.29. The predicted molar refractivity (Wildman–Crippen MR) is 135 cm³/mol. The fourth-order valence-corrected chi connectivity index (χ4v) is 4.32. The lowest BCUT2D eigenvalue weighted by atomic mass is 10.1. The number of amides is 2. The predicted octanol–water partition coefficient (Wildman–Crippen LogP) is 5.23. The van der Waals surface area contributed by atoms with Crippen LogP contribution in [0.3, 0.4) is 0 Å². The molecule has 4 aromatic rings. The lowest BCUT2D eigenvalue weighted by molar-refractivity contribution is -0.123. The topological polar surface area (TPSA) is 83.6 Å². The fourth-order valence-electron chi connectivity index (χ4n) is 3.70. The highest BCUT2D eigenvalue weighted by Crippen LogP contribution is 2.36. The Labute approximate surface area is 201 Å². The molecule has 5 rings (SSSR count). The monoisotopic (exact) mass is 470 g/mol. The molecule has 1 aliphatic heterocycles. The summed E-state index contributed by atoms with van der Waals surface area (Å²) < 4.78 is 5.58. The Hall–Kier alpha value is -4.17. The third kappa shape index (κ3) is 4.77. The standard InChI is InChI=1S/C26H22N4O3S/c1-17-27-22(16-34-17)18-7-12-24-23(13-18)30(26(32)15-33-24)14-25(31)29-21-10-8-20(9-11-21)28-19-5-3-2-4-6-19/h2-13,16,28H,14-15H2,1H3,(H,29,31). The van der Waals surface area contributed by atoms with Crippen molar-refractivity contribution in [2.45, 2.75) is 6.92 Å². The lowest BCUT2D eigenvalue weighted by Gasteiger charge is -2.29. The second-order valence-electron chi connectivity index (χ2n) is 7.82. The van der Waals surface area contributed by atoms with Gasteiger partial charge in [-0.15, -0.1) is 11.3 Å². The minimum absolute atomic E-state index is 0.102. The first-order valence-electron chi connectivity index (χ1n) is 10.8. The molecule has 0 spiro atoms. The van der Waals surface area contributed by atoms with E-state index in [1.165, 1.54) is 4.90 Å². The molecule has 34 heavy (non-hydrogen) atoms. The molecule has 1 aliphatic rings.